The lowest BCUT2D eigenvalue weighted by molar-refractivity contribution is -0.00303. The molecule has 4 aromatic heterocycles. The Balaban J connectivity index is 1.20. The van der Waals surface area contributed by atoms with Gasteiger partial charge in [-0.3, -0.25) is 0 Å². The highest BCUT2D eigenvalue weighted by Gasteiger charge is 2.15. The summed E-state index contributed by atoms with van der Waals surface area (Å²) >= 11 is 6.97. The van der Waals surface area contributed by atoms with Crippen LogP contribution in [0.25, 0.3) is 29.3 Å². The molecule has 0 saturated carbocycles. The number of carbonyl (C=O) groups is 1. The van der Waals surface area contributed by atoms with E-state index in [1.165, 1.54) is 67.8 Å². The Morgan fingerprint density at radius 3 is 1.73 bits per heavy atom. The summed E-state index contributed by atoms with van der Waals surface area (Å²) in [6.07, 6.45) is 6.37. The maximum atomic E-state index is 12.5. The topological polar surface area (TPSA) is 74.2 Å². The second-order valence-corrected chi connectivity index (χ2v) is 13.7. The highest BCUT2D eigenvalue weighted by Crippen LogP contribution is 2.43. The molecule has 4 rings (SSSR count). The van der Waals surface area contributed by atoms with Crippen molar-refractivity contribution >= 4 is 51.3 Å². The average Bonchev–Trinajstić information content (AvgIpc) is 3.79. The van der Waals surface area contributed by atoms with E-state index in [0.717, 1.165) is 9.75 Å². The number of aliphatic hydroxyl groups is 1. The van der Waals surface area contributed by atoms with Crippen molar-refractivity contribution in [3.8, 4) is 29.3 Å². The van der Waals surface area contributed by atoms with E-state index in [-0.39, 0.29) is 19.2 Å². The summed E-state index contributed by atoms with van der Waals surface area (Å²) in [5.41, 5.74) is 0. The van der Waals surface area contributed by atoms with Crippen LogP contribution in [0, 0.1) is 0 Å². The van der Waals surface area contributed by atoms with Gasteiger partial charge in [0, 0.05) is 34.1 Å². The summed E-state index contributed by atoms with van der Waals surface area (Å²) in [6.45, 7) is 4.84. The maximum Gasteiger partial charge on any atom is 0.348 e. The number of aliphatic hydroxyl groups excluding tert-OH is 1. The van der Waals surface area contributed by atoms with E-state index >= 15 is 0 Å². The molecule has 0 aliphatic heterocycles. The summed E-state index contributed by atoms with van der Waals surface area (Å²) in [7, 11) is 0. The van der Waals surface area contributed by atoms with Gasteiger partial charge in [0.25, 0.3) is 0 Å². The number of ether oxygens (including phenoxy) is 4. The molecule has 0 radical (unpaired) electrons. The molecule has 10 heteroatoms. The minimum Gasteiger partial charge on any atom is -0.459 e. The van der Waals surface area contributed by atoms with E-state index in [1.807, 2.05) is 34.8 Å². The van der Waals surface area contributed by atoms with E-state index in [4.69, 9.17) is 24.1 Å². The Morgan fingerprint density at radius 2 is 1.12 bits per heavy atom. The Labute approximate surface area is 258 Å². The second kappa shape index (κ2) is 17.9. The van der Waals surface area contributed by atoms with E-state index in [2.05, 4.69) is 43.3 Å². The van der Waals surface area contributed by atoms with Crippen LogP contribution in [0.5, 0.6) is 0 Å². The van der Waals surface area contributed by atoms with E-state index in [0.29, 0.717) is 44.5 Å². The molecular formula is C31H38O6S4. The smallest absolute Gasteiger partial charge is 0.348 e. The highest BCUT2D eigenvalue weighted by molar-refractivity contribution is 7.28. The summed E-state index contributed by atoms with van der Waals surface area (Å²) in [5.74, 6) is -0.331. The molecular weight excluding hydrogens is 597 g/mol. The van der Waals surface area contributed by atoms with Crippen LogP contribution in [-0.4, -0.2) is 63.9 Å². The summed E-state index contributed by atoms with van der Waals surface area (Å²) in [4.78, 5) is 21.9. The lowest BCUT2D eigenvalue weighted by Crippen LogP contribution is -2.14. The first-order valence-electron chi connectivity index (χ1n) is 14.1. The number of rotatable bonds is 20. The monoisotopic (exact) mass is 634 g/mol. The number of aryl methyl sites for hydroxylation is 1. The number of hydrogen-bond donors (Lipinski definition) is 1. The third-order valence-corrected chi connectivity index (χ3v) is 11.1. The standard InChI is InChI=1S/C31H38O6S4/c1-2-3-4-5-6-23-7-8-24(38-23)25-9-10-26(39-25)27-11-12-28(40-27)29-13-14-30(41-29)31(33)37-22-21-36-20-19-35-18-17-34-16-15-32/h7-14,32H,2-6,15-22H2,1H3. The van der Waals surface area contributed by atoms with Crippen molar-refractivity contribution < 1.29 is 28.8 Å². The van der Waals surface area contributed by atoms with E-state index < -0.39 is 0 Å². The van der Waals surface area contributed by atoms with Crippen molar-refractivity contribution in [2.45, 2.75) is 39.0 Å². The van der Waals surface area contributed by atoms with Gasteiger partial charge in [0.05, 0.1) is 46.2 Å². The SMILES string of the molecule is CCCCCCc1ccc(-c2ccc(-c3ccc(-c4ccc(C(=O)OCCOCCOCCOCCO)s4)s3)s2)s1. The highest BCUT2D eigenvalue weighted by atomic mass is 32.1. The Morgan fingerprint density at radius 1 is 0.610 bits per heavy atom. The van der Waals surface area contributed by atoms with E-state index in [1.54, 1.807) is 11.3 Å². The van der Waals surface area contributed by atoms with Crippen LogP contribution >= 0.6 is 45.3 Å². The summed E-state index contributed by atoms with van der Waals surface area (Å²) in [6, 6.07) is 17.1. The fourth-order valence-electron chi connectivity index (χ4n) is 4.03. The first-order valence-corrected chi connectivity index (χ1v) is 17.3. The summed E-state index contributed by atoms with van der Waals surface area (Å²) < 4.78 is 21.3. The predicted octanol–water partition coefficient (Wildman–Crippen LogP) is 8.26. The minimum atomic E-state index is -0.331. The molecule has 0 saturated heterocycles. The normalized spacial score (nSPS) is 11.4. The fraction of sp³-hybridized carbons (Fsp3) is 0.452. The Bertz CT molecular complexity index is 1300. The van der Waals surface area contributed by atoms with Crippen molar-refractivity contribution in [2.24, 2.45) is 0 Å². The van der Waals surface area contributed by atoms with Crippen LogP contribution < -0.4 is 0 Å². The quantitative estimate of drug-likeness (QED) is 0.0780. The molecule has 0 amide bonds. The molecule has 0 spiro atoms. The van der Waals surface area contributed by atoms with Gasteiger partial charge < -0.3 is 24.1 Å². The molecule has 0 aliphatic carbocycles. The second-order valence-electron chi connectivity index (χ2n) is 9.26. The van der Waals surface area contributed by atoms with E-state index in [9.17, 15) is 4.79 Å². The van der Waals surface area contributed by atoms with Gasteiger partial charge in [-0.15, -0.1) is 45.3 Å². The van der Waals surface area contributed by atoms with Crippen LogP contribution in [0.2, 0.25) is 0 Å². The van der Waals surface area contributed by atoms with Gasteiger partial charge in [-0.2, -0.15) is 0 Å². The molecule has 1 N–H and O–H groups in total. The zero-order valence-electron chi connectivity index (χ0n) is 23.4. The third kappa shape index (κ3) is 10.4. The van der Waals surface area contributed by atoms with Gasteiger partial charge in [0.2, 0.25) is 0 Å². The number of thiophene rings is 4. The molecule has 4 aromatic rings. The Hall–Kier alpha value is -1.89. The lowest BCUT2D eigenvalue weighted by atomic mass is 10.1. The zero-order chi connectivity index (χ0) is 28.7. The van der Waals surface area contributed by atoms with Gasteiger partial charge in [-0.05, 0) is 61.4 Å². The largest absolute Gasteiger partial charge is 0.459 e. The van der Waals surface area contributed by atoms with Gasteiger partial charge in [0.15, 0.2) is 0 Å². The molecule has 4 heterocycles. The molecule has 0 bridgehead atoms. The molecule has 0 fully saturated rings. The van der Waals surface area contributed by atoms with Crippen molar-refractivity contribution in [2.75, 3.05) is 52.9 Å². The van der Waals surface area contributed by atoms with Gasteiger partial charge in [0.1, 0.15) is 11.5 Å². The number of esters is 1. The number of carbonyl (C=O) groups excluding carboxylic acids is 1. The molecule has 41 heavy (non-hydrogen) atoms. The van der Waals surface area contributed by atoms with Crippen LogP contribution in [-0.2, 0) is 25.4 Å². The first kappa shape index (κ1) is 32.0. The zero-order valence-corrected chi connectivity index (χ0v) is 26.7. The number of hydrogen-bond acceptors (Lipinski definition) is 10. The molecule has 222 valence electrons. The predicted molar refractivity (Wildman–Crippen MR) is 172 cm³/mol. The summed E-state index contributed by atoms with van der Waals surface area (Å²) in [5, 5.41) is 8.63. The minimum absolute atomic E-state index is 0.0104. The van der Waals surface area contributed by atoms with Gasteiger partial charge in [-0.25, -0.2) is 4.79 Å². The third-order valence-electron chi connectivity index (χ3n) is 6.13. The fourth-order valence-corrected chi connectivity index (χ4v) is 8.26. The molecule has 6 nitrogen and oxygen atoms in total. The van der Waals surface area contributed by atoms with Crippen LogP contribution in [0.3, 0.4) is 0 Å². The molecule has 0 unspecified atom stereocenters. The van der Waals surface area contributed by atoms with Crippen LogP contribution in [0.4, 0.5) is 0 Å². The molecule has 0 atom stereocenters. The molecule has 0 aromatic carbocycles. The Kier molecular flexibility index (Phi) is 14.0. The maximum absolute atomic E-state index is 12.5. The van der Waals surface area contributed by atoms with Crippen molar-refractivity contribution in [3.63, 3.8) is 0 Å². The first-order chi connectivity index (χ1) is 20.2. The van der Waals surface area contributed by atoms with Gasteiger partial charge >= 0.3 is 5.97 Å². The van der Waals surface area contributed by atoms with Crippen molar-refractivity contribution in [1.29, 1.82) is 0 Å². The number of unbranched alkanes of at least 4 members (excludes halogenated alkanes) is 3. The lowest BCUT2D eigenvalue weighted by Gasteiger charge is -2.06. The van der Waals surface area contributed by atoms with Crippen LogP contribution in [0.1, 0.15) is 47.2 Å². The molecule has 0 aliphatic rings. The van der Waals surface area contributed by atoms with Crippen LogP contribution in [0.15, 0.2) is 48.5 Å². The average molecular weight is 635 g/mol. The van der Waals surface area contributed by atoms with Crippen molar-refractivity contribution in [1.82, 2.24) is 0 Å². The van der Waals surface area contributed by atoms with Gasteiger partial charge in [-0.1, -0.05) is 26.2 Å². The van der Waals surface area contributed by atoms with Crippen molar-refractivity contribution in [3.05, 3.63) is 58.3 Å².